The molecule has 2 amide bonds. The number of carbonyl (C=O) groups excluding carboxylic acids is 2. The Kier molecular flexibility index (Phi) is 6.14. The molecule has 0 radical (unpaired) electrons. The van der Waals surface area contributed by atoms with Crippen LogP contribution in [-0.4, -0.2) is 69.6 Å². The maximum atomic E-state index is 12.8. The lowest BCUT2D eigenvalue weighted by atomic mass is 10.1. The van der Waals surface area contributed by atoms with E-state index in [0.717, 1.165) is 6.26 Å². The second-order valence-corrected chi connectivity index (χ2v) is 9.15. The third kappa shape index (κ3) is 4.71. The summed E-state index contributed by atoms with van der Waals surface area (Å²) in [5, 5.41) is 0.194. The van der Waals surface area contributed by atoms with Crippen molar-refractivity contribution in [3.63, 3.8) is 0 Å². The van der Waals surface area contributed by atoms with Gasteiger partial charge in [0.05, 0.1) is 22.6 Å². The molecule has 154 valence electrons. The van der Waals surface area contributed by atoms with Crippen LogP contribution in [0.1, 0.15) is 20.7 Å². The monoisotopic (exact) mass is 436 g/mol. The third-order valence-electron chi connectivity index (χ3n) is 4.79. The van der Waals surface area contributed by atoms with Gasteiger partial charge in [-0.1, -0.05) is 11.6 Å². The average Bonchev–Trinajstić information content (AvgIpc) is 2.72. The van der Waals surface area contributed by atoms with Crippen LogP contribution in [0.4, 0.5) is 0 Å². The normalized spacial score (nSPS) is 14.6. The summed E-state index contributed by atoms with van der Waals surface area (Å²) in [6.07, 6.45) is 1.08. The van der Waals surface area contributed by atoms with Crippen molar-refractivity contribution >= 4 is 33.3 Å². The van der Waals surface area contributed by atoms with Gasteiger partial charge in [-0.3, -0.25) is 9.59 Å². The molecule has 7 nitrogen and oxygen atoms in total. The number of ether oxygens (including phenoxy) is 1. The average molecular weight is 437 g/mol. The first kappa shape index (κ1) is 21.1. The van der Waals surface area contributed by atoms with Gasteiger partial charge in [-0.15, -0.1) is 0 Å². The topological polar surface area (TPSA) is 84.0 Å². The Hall–Kier alpha value is -2.58. The van der Waals surface area contributed by atoms with Gasteiger partial charge in [0.2, 0.25) is 0 Å². The predicted molar refractivity (Wildman–Crippen MR) is 109 cm³/mol. The first-order chi connectivity index (χ1) is 13.7. The molecule has 0 spiro atoms. The van der Waals surface area contributed by atoms with Gasteiger partial charge in [-0.2, -0.15) is 0 Å². The standard InChI is InChI=1S/C20H21ClN2O5S/c1-28-15-5-3-14(4-6-15)19(24)22-9-11-23(12-10-22)20(25)17-13-16(29(2,26)27)7-8-18(17)21/h3-8,13H,9-12H2,1-2H3. The number of carbonyl (C=O) groups is 2. The minimum Gasteiger partial charge on any atom is -0.497 e. The fourth-order valence-electron chi connectivity index (χ4n) is 3.10. The Labute approximate surface area is 174 Å². The van der Waals surface area contributed by atoms with E-state index in [1.165, 1.54) is 18.2 Å². The highest BCUT2D eigenvalue weighted by Gasteiger charge is 2.27. The minimum absolute atomic E-state index is 0.0403. The summed E-state index contributed by atoms with van der Waals surface area (Å²) < 4.78 is 28.6. The van der Waals surface area contributed by atoms with Gasteiger partial charge in [-0.25, -0.2) is 8.42 Å². The zero-order valence-electron chi connectivity index (χ0n) is 16.1. The van der Waals surface area contributed by atoms with Gasteiger partial charge < -0.3 is 14.5 Å². The summed E-state index contributed by atoms with van der Waals surface area (Å²) >= 11 is 6.13. The molecule has 0 aliphatic carbocycles. The van der Waals surface area contributed by atoms with Gasteiger partial charge in [0.15, 0.2) is 9.84 Å². The van der Waals surface area contributed by atoms with Gasteiger partial charge in [0, 0.05) is 38.0 Å². The van der Waals surface area contributed by atoms with E-state index < -0.39 is 9.84 Å². The van der Waals surface area contributed by atoms with Crippen LogP contribution in [0.25, 0.3) is 0 Å². The number of sulfone groups is 1. The summed E-state index contributed by atoms with van der Waals surface area (Å²) in [6.45, 7) is 1.42. The second-order valence-electron chi connectivity index (χ2n) is 6.73. The molecular weight excluding hydrogens is 416 g/mol. The van der Waals surface area contributed by atoms with Crippen LogP contribution in [-0.2, 0) is 9.84 Å². The third-order valence-corrected chi connectivity index (χ3v) is 6.23. The Bertz CT molecular complexity index is 1030. The van der Waals surface area contributed by atoms with Crippen LogP contribution >= 0.6 is 11.6 Å². The number of hydrogen-bond donors (Lipinski definition) is 0. The molecule has 9 heteroatoms. The molecule has 29 heavy (non-hydrogen) atoms. The lowest BCUT2D eigenvalue weighted by molar-refractivity contribution is 0.0535. The number of nitrogens with zero attached hydrogens (tertiary/aromatic N) is 2. The Morgan fingerprint density at radius 3 is 2.00 bits per heavy atom. The highest BCUT2D eigenvalue weighted by molar-refractivity contribution is 7.90. The Morgan fingerprint density at radius 2 is 1.48 bits per heavy atom. The van der Waals surface area contributed by atoms with Crippen molar-refractivity contribution < 1.29 is 22.7 Å². The first-order valence-corrected chi connectivity index (χ1v) is 11.2. The zero-order chi connectivity index (χ0) is 21.2. The van der Waals surface area contributed by atoms with E-state index >= 15 is 0 Å². The molecule has 3 rings (SSSR count). The van der Waals surface area contributed by atoms with Gasteiger partial charge in [-0.05, 0) is 42.5 Å². The molecule has 1 aliphatic rings. The van der Waals surface area contributed by atoms with E-state index in [4.69, 9.17) is 16.3 Å². The Balaban J connectivity index is 1.69. The maximum absolute atomic E-state index is 12.8. The first-order valence-electron chi connectivity index (χ1n) is 8.93. The number of hydrogen-bond acceptors (Lipinski definition) is 5. The fraction of sp³-hybridized carbons (Fsp3) is 0.300. The van der Waals surface area contributed by atoms with Crippen LogP contribution < -0.4 is 4.74 Å². The molecule has 1 saturated heterocycles. The van der Waals surface area contributed by atoms with Crippen molar-refractivity contribution in [3.8, 4) is 5.75 Å². The summed E-state index contributed by atoms with van der Waals surface area (Å²) in [6, 6.07) is 10.9. The molecule has 0 saturated carbocycles. The van der Waals surface area contributed by atoms with E-state index in [1.54, 1.807) is 41.2 Å². The number of methoxy groups -OCH3 is 1. The van der Waals surface area contributed by atoms with E-state index in [9.17, 15) is 18.0 Å². The van der Waals surface area contributed by atoms with Gasteiger partial charge >= 0.3 is 0 Å². The van der Waals surface area contributed by atoms with Crippen LogP contribution in [0, 0.1) is 0 Å². The van der Waals surface area contributed by atoms with Crippen molar-refractivity contribution in [2.45, 2.75) is 4.90 Å². The smallest absolute Gasteiger partial charge is 0.255 e. The van der Waals surface area contributed by atoms with Crippen LogP contribution in [0.2, 0.25) is 5.02 Å². The SMILES string of the molecule is COc1ccc(C(=O)N2CCN(C(=O)c3cc(S(C)(=O)=O)ccc3Cl)CC2)cc1. The van der Waals surface area contributed by atoms with Crippen LogP contribution in [0.15, 0.2) is 47.4 Å². The van der Waals surface area contributed by atoms with Crippen molar-refractivity contribution in [2.75, 3.05) is 39.5 Å². The maximum Gasteiger partial charge on any atom is 0.255 e. The van der Waals surface area contributed by atoms with E-state index in [2.05, 4.69) is 0 Å². The number of piperazine rings is 1. The van der Waals surface area contributed by atoms with E-state index in [-0.39, 0.29) is 27.3 Å². The molecule has 1 heterocycles. The molecule has 0 aromatic heterocycles. The van der Waals surface area contributed by atoms with Crippen molar-refractivity contribution in [2.24, 2.45) is 0 Å². The van der Waals surface area contributed by atoms with Crippen LogP contribution in [0.5, 0.6) is 5.75 Å². The number of amides is 2. The molecule has 1 fully saturated rings. The molecule has 0 N–H and O–H groups in total. The number of rotatable bonds is 4. The van der Waals surface area contributed by atoms with Crippen molar-refractivity contribution in [1.29, 1.82) is 0 Å². The second kappa shape index (κ2) is 8.42. The van der Waals surface area contributed by atoms with Crippen molar-refractivity contribution in [1.82, 2.24) is 9.80 Å². The molecular formula is C20H21ClN2O5S. The molecule has 0 atom stereocenters. The summed E-state index contributed by atoms with van der Waals surface area (Å²) in [7, 11) is -1.89. The zero-order valence-corrected chi connectivity index (χ0v) is 17.7. The molecule has 0 unspecified atom stereocenters. The fourth-order valence-corrected chi connectivity index (χ4v) is 3.94. The number of benzene rings is 2. The van der Waals surface area contributed by atoms with Crippen molar-refractivity contribution in [3.05, 3.63) is 58.6 Å². The van der Waals surface area contributed by atoms with Gasteiger partial charge in [0.1, 0.15) is 5.75 Å². The molecule has 2 aromatic rings. The summed E-state index contributed by atoms with van der Waals surface area (Å²) in [4.78, 5) is 28.8. The van der Waals surface area contributed by atoms with E-state index in [0.29, 0.717) is 37.5 Å². The summed E-state index contributed by atoms with van der Waals surface area (Å²) in [5.74, 6) is 0.207. The highest BCUT2D eigenvalue weighted by atomic mass is 35.5. The molecule has 2 aromatic carbocycles. The number of halogens is 1. The molecule has 0 bridgehead atoms. The predicted octanol–water partition coefficient (Wildman–Crippen LogP) is 2.35. The lowest BCUT2D eigenvalue weighted by Gasteiger charge is -2.35. The highest BCUT2D eigenvalue weighted by Crippen LogP contribution is 2.23. The molecule has 1 aliphatic heterocycles. The Morgan fingerprint density at radius 1 is 0.931 bits per heavy atom. The largest absolute Gasteiger partial charge is 0.497 e. The summed E-state index contributed by atoms with van der Waals surface area (Å²) in [5.41, 5.74) is 0.694. The van der Waals surface area contributed by atoms with E-state index in [1.807, 2.05) is 0 Å². The quantitative estimate of drug-likeness (QED) is 0.734. The van der Waals surface area contributed by atoms with Gasteiger partial charge in [0.25, 0.3) is 11.8 Å². The van der Waals surface area contributed by atoms with Crippen LogP contribution in [0.3, 0.4) is 0 Å². The lowest BCUT2D eigenvalue weighted by Crippen LogP contribution is -2.50. The minimum atomic E-state index is -3.45.